The van der Waals surface area contributed by atoms with E-state index in [2.05, 4.69) is 10.2 Å². The normalized spacial score (nSPS) is 20.8. The first-order valence-corrected chi connectivity index (χ1v) is 13.4. The van der Waals surface area contributed by atoms with Gasteiger partial charge in [0, 0.05) is 45.2 Å². The maximum Gasteiger partial charge on any atom is 0.318 e. The Kier molecular flexibility index (Phi) is 9.77. The van der Waals surface area contributed by atoms with Crippen LogP contribution < -0.4 is 10.1 Å². The van der Waals surface area contributed by atoms with E-state index in [1.165, 1.54) is 12.1 Å². The molecule has 202 valence electrons. The second kappa shape index (κ2) is 13.2. The molecule has 2 saturated heterocycles. The predicted octanol–water partition coefficient (Wildman–Crippen LogP) is 4.94. The molecule has 2 aromatic carbocycles. The van der Waals surface area contributed by atoms with Crippen LogP contribution in [0.2, 0.25) is 0 Å². The average molecular weight is 514 g/mol. The van der Waals surface area contributed by atoms with Gasteiger partial charge in [0.15, 0.2) is 6.29 Å². The highest BCUT2D eigenvalue weighted by molar-refractivity contribution is 5.74. The van der Waals surface area contributed by atoms with E-state index in [4.69, 9.17) is 14.2 Å². The molecular formula is C29H40FN3O4. The molecule has 0 spiro atoms. The molecule has 8 heteroatoms. The average Bonchev–Trinajstić information content (AvgIpc) is 3.31. The van der Waals surface area contributed by atoms with E-state index in [1.54, 1.807) is 12.1 Å². The number of halogens is 1. The zero-order chi connectivity index (χ0) is 26.2. The molecule has 2 aliphatic heterocycles. The van der Waals surface area contributed by atoms with Crippen LogP contribution in [-0.2, 0) is 22.6 Å². The van der Waals surface area contributed by atoms with E-state index in [1.807, 2.05) is 49.9 Å². The van der Waals surface area contributed by atoms with Crippen molar-refractivity contribution in [2.24, 2.45) is 0 Å². The molecule has 1 unspecified atom stereocenters. The number of amides is 2. The summed E-state index contributed by atoms with van der Waals surface area (Å²) < 4.78 is 30.6. The molecule has 2 atom stereocenters. The van der Waals surface area contributed by atoms with Crippen molar-refractivity contribution in [2.45, 2.75) is 77.7 Å². The quantitative estimate of drug-likeness (QED) is 0.488. The van der Waals surface area contributed by atoms with Gasteiger partial charge in [-0.05, 0) is 69.0 Å². The number of nitrogens with zero attached hydrogens (tertiary/aromatic N) is 2. The fraction of sp³-hybridized carbons (Fsp3) is 0.552. The van der Waals surface area contributed by atoms with Crippen molar-refractivity contribution in [3.63, 3.8) is 0 Å². The lowest BCUT2D eigenvalue weighted by Crippen LogP contribution is -2.50. The standard InChI is InChI=1S/C29H40FN3O4/c1-21(2)36-27-10-6-23(7-11-27)18-31-29(34)33(19-24-4-8-25(30)9-5-24)26-12-15-32(16-13-26)17-14-28-35-20-22(3)37-28/h4-11,21-22,26,28H,12-20H2,1-3H3,(H,31,34)/t22-,28?/m0/s1. The molecule has 0 radical (unpaired) electrons. The lowest BCUT2D eigenvalue weighted by atomic mass is 10.0. The van der Waals surface area contributed by atoms with Crippen molar-refractivity contribution in [2.75, 3.05) is 26.2 Å². The number of carbonyl (C=O) groups excluding carboxylic acids is 1. The Morgan fingerprint density at radius 3 is 2.41 bits per heavy atom. The SMILES string of the molecule is CC(C)Oc1ccc(CNC(=O)N(Cc2ccc(F)cc2)C2CCN(CCC3OC[C@H](C)O3)CC2)cc1. The monoisotopic (exact) mass is 513 g/mol. The fourth-order valence-corrected chi connectivity index (χ4v) is 4.86. The number of carbonyl (C=O) groups is 1. The van der Waals surface area contributed by atoms with Gasteiger partial charge in [0.25, 0.3) is 0 Å². The summed E-state index contributed by atoms with van der Waals surface area (Å²) in [7, 11) is 0. The first kappa shape index (κ1) is 27.4. The van der Waals surface area contributed by atoms with Gasteiger partial charge < -0.3 is 29.3 Å². The van der Waals surface area contributed by atoms with Gasteiger partial charge in [-0.15, -0.1) is 0 Å². The lowest BCUT2D eigenvalue weighted by molar-refractivity contribution is -0.0646. The molecular weight excluding hydrogens is 473 g/mol. The van der Waals surface area contributed by atoms with Crippen molar-refractivity contribution in [3.8, 4) is 5.75 Å². The number of nitrogens with one attached hydrogen (secondary N) is 1. The van der Waals surface area contributed by atoms with E-state index in [-0.39, 0.29) is 36.4 Å². The molecule has 1 N–H and O–H groups in total. The first-order valence-electron chi connectivity index (χ1n) is 13.4. The van der Waals surface area contributed by atoms with Crippen LogP contribution >= 0.6 is 0 Å². The van der Waals surface area contributed by atoms with Crippen LogP contribution in [0.5, 0.6) is 5.75 Å². The third-order valence-electron chi connectivity index (χ3n) is 6.85. The number of hydrogen-bond acceptors (Lipinski definition) is 5. The Bertz CT molecular complexity index is 978. The number of piperidine rings is 1. The molecule has 2 heterocycles. The molecule has 0 saturated carbocycles. The van der Waals surface area contributed by atoms with Gasteiger partial charge in [-0.25, -0.2) is 9.18 Å². The van der Waals surface area contributed by atoms with Gasteiger partial charge in [-0.1, -0.05) is 24.3 Å². The second-order valence-corrected chi connectivity index (χ2v) is 10.3. The zero-order valence-corrected chi connectivity index (χ0v) is 22.2. The highest BCUT2D eigenvalue weighted by Crippen LogP contribution is 2.22. The Balaban J connectivity index is 1.33. The van der Waals surface area contributed by atoms with E-state index in [0.29, 0.717) is 19.7 Å². The van der Waals surface area contributed by atoms with Crippen LogP contribution in [0.3, 0.4) is 0 Å². The second-order valence-electron chi connectivity index (χ2n) is 10.3. The van der Waals surface area contributed by atoms with E-state index in [9.17, 15) is 9.18 Å². The molecule has 37 heavy (non-hydrogen) atoms. The number of rotatable bonds is 10. The van der Waals surface area contributed by atoms with Gasteiger partial charge in [-0.2, -0.15) is 0 Å². The molecule has 0 aromatic heterocycles. The minimum absolute atomic E-state index is 0.105. The maximum atomic E-state index is 13.5. The molecule has 4 rings (SSSR count). The zero-order valence-electron chi connectivity index (χ0n) is 22.2. The smallest absolute Gasteiger partial charge is 0.318 e. The van der Waals surface area contributed by atoms with Crippen LogP contribution in [-0.4, -0.2) is 66.6 Å². The number of benzene rings is 2. The van der Waals surface area contributed by atoms with Crippen LogP contribution in [0.25, 0.3) is 0 Å². The largest absolute Gasteiger partial charge is 0.491 e. The molecule has 2 amide bonds. The molecule has 2 aliphatic rings. The number of ether oxygens (including phenoxy) is 3. The van der Waals surface area contributed by atoms with Gasteiger partial charge in [0.1, 0.15) is 11.6 Å². The number of hydrogen-bond donors (Lipinski definition) is 1. The summed E-state index contributed by atoms with van der Waals surface area (Å²) in [4.78, 5) is 17.7. The van der Waals surface area contributed by atoms with Crippen molar-refractivity contribution in [3.05, 3.63) is 65.5 Å². The maximum absolute atomic E-state index is 13.5. The summed E-state index contributed by atoms with van der Waals surface area (Å²) >= 11 is 0. The Morgan fingerprint density at radius 2 is 1.78 bits per heavy atom. The molecule has 7 nitrogen and oxygen atoms in total. The minimum atomic E-state index is -0.275. The van der Waals surface area contributed by atoms with Crippen LogP contribution in [0, 0.1) is 5.82 Å². The highest BCUT2D eigenvalue weighted by atomic mass is 19.1. The topological polar surface area (TPSA) is 63.3 Å². The Hall–Kier alpha value is -2.68. The van der Waals surface area contributed by atoms with Crippen LogP contribution in [0.1, 0.15) is 51.2 Å². The third-order valence-corrected chi connectivity index (χ3v) is 6.85. The Labute approximate surface area is 219 Å². The summed E-state index contributed by atoms with van der Waals surface area (Å²) in [6.45, 7) is 10.3. The predicted molar refractivity (Wildman–Crippen MR) is 141 cm³/mol. The van der Waals surface area contributed by atoms with Crippen molar-refractivity contribution in [1.82, 2.24) is 15.1 Å². The van der Waals surface area contributed by atoms with Gasteiger partial charge in [0.05, 0.1) is 18.8 Å². The molecule has 0 aliphatic carbocycles. The minimum Gasteiger partial charge on any atom is -0.491 e. The van der Waals surface area contributed by atoms with Gasteiger partial charge in [0.2, 0.25) is 0 Å². The van der Waals surface area contributed by atoms with Crippen LogP contribution in [0.15, 0.2) is 48.5 Å². The van der Waals surface area contributed by atoms with Crippen molar-refractivity contribution >= 4 is 6.03 Å². The summed E-state index contributed by atoms with van der Waals surface area (Å²) in [6, 6.07) is 14.2. The third kappa shape index (κ3) is 8.42. The Morgan fingerprint density at radius 1 is 1.11 bits per heavy atom. The molecule has 2 aromatic rings. The van der Waals surface area contributed by atoms with Crippen molar-refractivity contribution in [1.29, 1.82) is 0 Å². The first-order chi connectivity index (χ1) is 17.9. The summed E-state index contributed by atoms with van der Waals surface area (Å²) in [5.74, 6) is 0.540. The lowest BCUT2D eigenvalue weighted by Gasteiger charge is -2.38. The number of urea groups is 1. The van der Waals surface area contributed by atoms with E-state index >= 15 is 0 Å². The summed E-state index contributed by atoms with van der Waals surface area (Å²) in [6.07, 6.45) is 2.80. The van der Waals surface area contributed by atoms with Crippen LogP contribution in [0.4, 0.5) is 9.18 Å². The van der Waals surface area contributed by atoms with Gasteiger partial charge >= 0.3 is 6.03 Å². The van der Waals surface area contributed by atoms with E-state index < -0.39 is 0 Å². The van der Waals surface area contributed by atoms with Gasteiger partial charge in [-0.3, -0.25) is 0 Å². The molecule has 2 fully saturated rings. The fourth-order valence-electron chi connectivity index (χ4n) is 4.86. The number of likely N-dealkylation sites (tertiary alicyclic amines) is 1. The van der Waals surface area contributed by atoms with Crippen molar-refractivity contribution < 1.29 is 23.4 Å². The van der Waals surface area contributed by atoms with E-state index in [0.717, 1.165) is 55.8 Å². The highest BCUT2D eigenvalue weighted by Gasteiger charge is 2.29. The summed E-state index contributed by atoms with van der Waals surface area (Å²) in [5, 5.41) is 3.09. The molecule has 0 bridgehead atoms. The summed E-state index contributed by atoms with van der Waals surface area (Å²) in [5.41, 5.74) is 1.92.